The minimum atomic E-state index is -1.01. The van der Waals surface area contributed by atoms with Gasteiger partial charge in [-0.25, -0.2) is 4.39 Å². The summed E-state index contributed by atoms with van der Waals surface area (Å²) < 4.78 is 15.6. The van der Waals surface area contributed by atoms with Crippen LogP contribution in [-0.4, -0.2) is 22.7 Å². The molecule has 0 aliphatic rings. The molecule has 0 rings (SSSR count). The Labute approximate surface area is 73.3 Å². The highest BCUT2D eigenvalue weighted by Crippen LogP contribution is 2.20. The van der Waals surface area contributed by atoms with E-state index in [1.807, 2.05) is 0 Å². The average Bonchev–Trinajstić information content (AvgIpc) is 1.89. The van der Waals surface area contributed by atoms with E-state index in [4.69, 9.17) is 0 Å². The van der Waals surface area contributed by atoms with Crippen molar-refractivity contribution in [1.29, 1.82) is 0 Å². The third-order valence-corrected chi connectivity index (χ3v) is 1.68. The minimum Gasteiger partial charge on any atom is -0.465 e. The van der Waals surface area contributed by atoms with Crippen LogP contribution in [0, 0.1) is 0 Å². The zero-order chi connectivity index (χ0) is 8.20. The molecule has 0 amide bonds. The van der Waals surface area contributed by atoms with Crippen molar-refractivity contribution >= 4 is 28.6 Å². The Morgan fingerprint density at radius 1 is 1.80 bits per heavy atom. The third kappa shape index (κ3) is 2.81. The molecule has 0 N–H and O–H groups in total. The molecule has 0 spiro atoms. The smallest absolute Gasteiger partial charge is 0.324 e. The lowest BCUT2D eigenvalue weighted by Crippen LogP contribution is -2.32. The Kier molecular flexibility index (Phi) is 4.15. The molecule has 0 aliphatic heterocycles. The summed E-state index contributed by atoms with van der Waals surface area (Å²) in [6.07, 6.45) is 0. The Hall–Kier alpha value is 0.130. The highest BCUT2D eigenvalue weighted by molar-refractivity contribution is 14.1. The molecule has 1 atom stereocenters. The molecule has 10 heavy (non-hydrogen) atoms. The molecule has 0 bridgehead atoms. The van der Waals surface area contributed by atoms with Crippen LogP contribution in [0.25, 0.3) is 0 Å². The SMILES string of the molecule is CCOC(=O)C(C)(I)CF. The van der Waals surface area contributed by atoms with Gasteiger partial charge >= 0.3 is 5.97 Å². The van der Waals surface area contributed by atoms with Gasteiger partial charge in [-0.15, -0.1) is 0 Å². The van der Waals surface area contributed by atoms with Crippen molar-refractivity contribution < 1.29 is 13.9 Å². The first-order valence-electron chi connectivity index (χ1n) is 2.96. The van der Waals surface area contributed by atoms with Gasteiger partial charge in [0, 0.05) is 0 Å². The van der Waals surface area contributed by atoms with Crippen molar-refractivity contribution in [3.63, 3.8) is 0 Å². The number of hydrogen-bond acceptors (Lipinski definition) is 2. The van der Waals surface area contributed by atoms with E-state index < -0.39 is 16.1 Å². The molecule has 0 aliphatic carbocycles. The van der Waals surface area contributed by atoms with Crippen LogP contribution in [-0.2, 0) is 9.53 Å². The van der Waals surface area contributed by atoms with E-state index in [0.29, 0.717) is 6.61 Å². The van der Waals surface area contributed by atoms with Gasteiger partial charge in [-0.05, 0) is 13.8 Å². The largest absolute Gasteiger partial charge is 0.465 e. The van der Waals surface area contributed by atoms with E-state index in [0.717, 1.165) is 0 Å². The maximum atomic E-state index is 12.0. The second kappa shape index (κ2) is 4.10. The summed E-state index contributed by atoms with van der Waals surface area (Å²) in [7, 11) is 0. The fourth-order valence-corrected chi connectivity index (χ4v) is 0.492. The van der Waals surface area contributed by atoms with Gasteiger partial charge in [-0.1, -0.05) is 22.6 Å². The molecule has 0 saturated carbocycles. The zero-order valence-corrected chi connectivity index (χ0v) is 8.14. The van der Waals surface area contributed by atoms with Gasteiger partial charge in [0.15, 0.2) is 0 Å². The lowest BCUT2D eigenvalue weighted by atomic mass is 10.2. The minimum absolute atomic E-state index is 0.303. The van der Waals surface area contributed by atoms with Crippen LogP contribution in [0.3, 0.4) is 0 Å². The van der Waals surface area contributed by atoms with Crippen molar-refractivity contribution in [1.82, 2.24) is 0 Å². The summed E-state index contributed by atoms with van der Waals surface area (Å²) in [5, 5.41) is 0. The van der Waals surface area contributed by atoms with Crippen LogP contribution in [0.4, 0.5) is 4.39 Å². The van der Waals surface area contributed by atoms with Crippen LogP contribution >= 0.6 is 22.6 Å². The summed E-state index contributed by atoms with van der Waals surface area (Å²) in [6.45, 7) is 2.82. The summed E-state index contributed by atoms with van der Waals surface area (Å²) >= 11 is 1.74. The second-order valence-electron chi connectivity index (χ2n) is 2.05. The van der Waals surface area contributed by atoms with Crippen molar-refractivity contribution in [3.8, 4) is 0 Å². The first-order valence-corrected chi connectivity index (χ1v) is 4.04. The molecular formula is C6H10FIO2. The molecule has 0 saturated heterocycles. The number of esters is 1. The van der Waals surface area contributed by atoms with Crippen LogP contribution in [0.5, 0.6) is 0 Å². The molecular weight excluding hydrogens is 250 g/mol. The zero-order valence-electron chi connectivity index (χ0n) is 5.99. The van der Waals surface area contributed by atoms with Gasteiger partial charge in [0.1, 0.15) is 10.1 Å². The van der Waals surface area contributed by atoms with Crippen molar-refractivity contribution in [2.24, 2.45) is 0 Å². The van der Waals surface area contributed by atoms with E-state index in [9.17, 15) is 9.18 Å². The molecule has 0 aromatic heterocycles. The number of hydrogen-bond donors (Lipinski definition) is 0. The van der Waals surface area contributed by atoms with Crippen molar-refractivity contribution in [3.05, 3.63) is 0 Å². The first-order chi connectivity index (χ1) is 4.54. The van der Waals surface area contributed by atoms with Crippen LogP contribution in [0.2, 0.25) is 0 Å². The van der Waals surface area contributed by atoms with E-state index in [-0.39, 0.29) is 0 Å². The lowest BCUT2D eigenvalue weighted by molar-refractivity contribution is -0.145. The van der Waals surface area contributed by atoms with Crippen LogP contribution in [0.15, 0.2) is 0 Å². The standard InChI is InChI=1S/C6H10FIO2/c1-3-10-5(9)6(2,8)4-7/h3-4H2,1-2H3. The molecule has 60 valence electrons. The lowest BCUT2D eigenvalue weighted by Gasteiger charge is -2.15. The van der Waals surface area contributed by atoms with Gasteiger partial charge in [-0.2, -0.15) is 0 Å². The fraction of sp³-hybridized carbons (Fsp3) is 0.833. The predicted octanol–water partition coefficient (Wildman–Crippen LogP) is 1.71. The number of ether oxygens (including phenoxy) is 1. The van der Waals surface area contributed by atoms with Gasteiger partial charge in [0.25, 0.3) is 0 Å². The van der Waals surface area contributed by atoms with E-state index >= 15 is 0 Å². The number of halogens is 2. The van der Waals surface area contributed by atoms with Gasteiger partial charge in [0.05, 0.1) is 6.61 Å². The summed E-state index contributed by atoms with van der Waals surface area (Å²) in [4.78, 5) is 10.8. The molecule has 0 aromatic rings. The number of alkyl halides is 2. The van der Waals surface area contributed by atoms with Gasteiger partial charge in [0.2, 0.25) is 0 Å². The summed E-state index contributed by atoms with van der Waals surface area (Å²) in [5.74, 6) is -0.488. The van der Waals surface area contributed by atoms with Crippen LogP contribution in [0.1, 0.15) is 13.8 Å². The quantitative estimate of drug-likeness (QED) is 0.438. The van der Waals surface area contributed by atoms with E-state index in [2.05, 4.69) is 4.74 Å². The number of carbonyl (C=O) groups excluding carboxylic acids is 1. The summed E-state index contributed by atoms with van der Waals surface area (Å²) in [5.41, 5.74) is 0. The maximum Gasteiger partial charge on any atom is 0.324 e. The van der Waals surface area contributed by atoms with Gasteiger partial charge < -0.3 is 4.74 Å². The Morgan fingerprint density at radius 2 is 2.30 bits per heavy atom. The topological polar surface area (TPSA) is 26.3 Å². The highest BCUT2D eigenvalue weighted by Gasteiger charge is 2.31. The normalized spacial score (nSPS) is 16.0. The Bertz CT molecular complexity index is 125. The highest BCUT2D eigenvalue weighted by atomic mass is 127. The van der Waals surface area contributed by atoms with E-state index in [1.54, 1.807) is 29.5 Å². The Balaban J connectivity index is 3.91. The molecule has 1 unspecified atom stereocenters. The molecule has 2 nitrogen and oxygen atoms in total. The third-order valence-electron chi connectivity index (χ3n) is 0.952. The number of carbonyl (C=O) groups is 1. The molecule has 0 fully saturated rings. The monoisotopic (exact) mass is 260 g/mol. The van der Waals surface area contributed by atoms with Crippen LogP contribution < -0.4 is 0 Å². The second-order valence-corrected chi connectivity index (χ2v) is 4.43. The molecule has 4 heteroatoms. The maximum absolute atomic E-state index is 12.0. The Morgan fingerprint density at radius 3 is 2.60 bits per heavy atom. The van der Waals surface area contributed by atoms with Crippen molar-refractivity contribution in [2.45, 2.75) is 17.3 Å². The van der Waals surface area contributed by atoms with Gasteiger partial charge in [-0.3, -0.25) is 4.79 Å². The predicted molar refractivity (Wildman–Crippen MR) is 45.0 cm³/mol. The average molecular weight is 260 g/mol. The van der Waals surface area contributed by atoms with Crippen molar-refractivity contribution in [2.75, 3.05) is 13.3 Å². The first kappa shape index (κ1) is 10.1. The molecule has 0 aromatic carbocycles. The molecule has 0 radical (unpaired) electrons. The summed E-state index contributed by atoms with van der Waals surface area (Å²) in [6, 6.07) is 0. The van der Waals surface area contributed by atoms with E-state index in [1.165, 1.54) is 6.92 Å². The number of rotatable bonds is 3. The fourth-order valence-electron chi connectivity index (χ4n) is 0.336. The molecule has 0 heterocycles.